The van der Waals surface area contributed by atoms with Crippen molar-refractivity contribution in [1.82, 2.24) is 9.88 Å². The Bertz CT molecular complexity index is 308. The quantitative estimate of drug-likeness (QED) is 0.678. The highest BCUT2D eigenvalue weighted by atomic mass is 16.3. The molecule has 0 unspecified atom stereocenters. The van der Waals surface area contributed by atoms with Crippen LogP contribution in [0.4, 0.5) is 0 Å². The van der Waals surface area contributed by atoms with Crippen molar-refractivity contribution < 1.29 is 5.11 Å². The Morgan fingerprint density at radius 2 is 2.38 bits per heavy atom. The highest BCUT2D eigenvalue weighted by Crippen LogP contribution is 1.94. The number of hydrogen-bond acceptors (Lipinski definition) is 3. The molecule has 0 aliphatic heterocycles. The lowest BCUT2D eigenvalue weighted by molar-refractivity contribution is 0.217. The van der Waals surface area contributed by atoms with E-state index in [0.29, 0.717) is 13.1 Å². The highest BCUT2D eigenvalue weighted by molar-refractivity contribution is 5.08. The number of nitrogens with zero attached hydrogens (tertiary/aromatic N) is 1. The van der Waals surface area contributed by atoms with E-state index in [9.17, 15) is 4.79 Å². The first-order chi connectivity index (χ1) is 6.24. The molecule has 0 fully saturated rings. The van der Waals surface area contributed by atoms with Gasteiger partial charge in [0.2, 0.25) is 0 Å². The molecule has 1 heterocycles. The molecule has 4 heteroatoms. The smallest absolute Gasteiger partial charge is 0.252 e. The minimum Gasteiger partial charge on any atom is -0.395 e. The van der Waals surface area contributed by atoms with Crippen molar-refractivity contribution >= 4 is 0 Å². The molecule has 13 heavy (non-hydrogen) atoms. The predicted molar refractivity (Wildman–Crippen MR) is 50.5 cm³/mol. The largest absolute Gasteiger partial charge is 0.395 e. The van der Waals surface area contributed by atoms with Crippen LogP contribution in [0.15, 0.2) is 23.1 Å². The van der Waals surface area contributed by atoms with Crippen LogP contribution in [0.2, 0.25) is 0 Å². The molecule has 0 radical (unpaired) electrons. The number of aliphatic hydroxyl groups excluding tert-OH is 1. The van der Waals surface area contributed by atoms with E-state index in [1.165, 1.54) is 0 Å². The minimum absolute atomic E-state index is 0.0627. The molecule has 1 aromatic rings. The van der Waals surface area contributed by atoms with Gasteiger partial charge in [-0.2, -0.15) is 0 Å². The monoisotopic (exact) mass is 182 g/mol. The molecule has 2 N–H and O–H groups in total. The Hall–Kier alpha value is -1.13. The predicted octanol–water partition coefficient (Wildman–Crippen LogP) is -0.201. The topological polar surface area (TPSA) is 56.3 Å². The van der Waals surface area contributed by atoms with Gasteiger partial charge >= 0.3 is 0 Å². The molecule has 1 rings (SSSR count). The molecule has 1 aromatic heterocycles. The van der Waals surface area contributed by atoms with Crippen LogP contribution in [0.5, 0.6) is 0 Å². The molecule has 72 valence electrons. The van der Waals surface area contributed by atoms with Crippen LogP contribution in [-0.4, -0.2) is 35.2 Å². The number of pyridine rings is 1. The van der Waals surface area contributed by atoms with Gasteiger partial charge in [0.15, 0.2) is 0 Å². The molecule has 0 saturated heterocycles. The molecular formula is C9H14N2O2. The first-order valence-electron chi connectivity index (χ1n) is 4.20. The molecule has 0 aromatic carbocycles. The van der Waals surface area contributed by atoms with Crippen LogP contribution in [0.1, 0.15) is 5.56 Å². The summed E-state index contributed by atoms with van der Waals surface area (Å²) in [6.45, 7) is 1.26. The summed E-state index contributed by atoms with van der Waals surface area (Å²) in [5.41, 5.74) is 0.658. The molecule has 0 atom stereocenters. The molecule has 0 amide bonds. The summed E-state index contributed by atoms with van der Waals surface area (Å²) in [6.07, 6.45) is 1.61. The average Bonchev–Trinajstić information content (AvgIpc) is 2.09. The molecule has 0 aliphatic carbocycles. The number of rotatable bonds is 4. The van der Waals surface area contributed by atoms with Gasteiger partial charge in [0.05, 0.1) is 6.61 Å². The number of H-pyrrole nitrogens is 1. The van der Waals surface area contributed by atoms with Crippen molar-refractivity contribution in [3.05, 3.63) is 34.2 Å². The Balaban J connectivity index is 2.63. The van der Waals surface area contributed by atoms with Crippen molar-refractivity contribution in [2.45, 2.75) is 6.54 Å². The zero-order chi connectivity index (χ0) is 9.68. The van der Waals surface area contributed by atoms with Gasteiger partial charge in [0.25, 0.3) is 5.56 Å². The number of aromatic nitrogens is 1. The summed E-state index contributed by atoms with van der Waals surface area (Å²) in [7, 11) is 1.86. The van der Waals surface area contributed by atoms with Crippen molar-refractivity contribution in [2.75, 3.05) is 20.2 Å². The van der Waals surface area contributed by atoms with E-state index in [1.54, 1.807) is 18.3 Å². The van der Waals surface area contributed by atoms with Crippen molar-refractivity contribution in [3.8, 4) is 0 Å². The lowest BCUT2D eigenvalue weighted by Crippen LogP contribution is -2.25. The summed E-state index contributed by atoms with van der Waals surface area (Å²) in [4.78, 5) is 15.7. The van der Waals surface area contributed by atoms with Crippen molar-refractivity contribution in [2.24, 2.45) is 0 Å². The molecule has 0 spiro atoms. The lowest BCUT2D eigenvalue weighted by atomic mass is 10.2. The van der Waals surface area contributed by atoms with E-state index >= 15 is 0 Å². The van der Waals surface area contributed by atoms with Gasteiger partial charge in [0, 0.05) is 24.8 Å². The van der Waals surface area contributed by atoms with Crippen LogP contribution in [0.3, 0.4) is 0 Å². The zero-order valence-corrected chi connectivity index (χ0v) is 7.66. The second kappa shape index (κ2) is 4.79. The van der Waals surface area contributed by atoms with Gasteiger partial charge in [0.1, 0.15) is 0 Å². The maximum absolute atomic E-state index is 11.2. The van der Waals surface area contributed by atoms with Gasteiger partial charge in [-0.3, -0.25) is 9.69 Å². The van der Waals surface area contributed by atoms with Crippen LogP contribution in [0.25, 0.3) is 0 Å². The second-order valence-corrected chi connectivity index (χ2v) is 2.99. The fourth-order valence-corrected chi connectivity index (χ4v) is 1.12. The van der Waals surface area contributed by atoms with E-state index in [0.717, 1.165) is 5.56 Å². The van der Waals surface area contributed by atoms with Gasteiger partial charge in [-0.05, 0) is 13.1 Å². The SMILES string of the molecule is CN(CCO)Cc1ccc[nH]c1=O. The number of aliphatic hydroxyl groups is 1. The third kappa shape index (κ3) is 3.01. The molecular weight excluding hydrogens is 168 g/mol. The molecule has 0 aliphatic rings. The highest BCUT2D eigenvalue weighted by Gasteiger charge is 2.01. The standard InChI is InChI=1S/C9H14N2O2/c1-11(5-6-12)7-8-3-2-4-10-9(8)13/h2-4,12H,5-7H2,1H3,(H,10,13). The maximum atomic E-state index is 11.2. The average molecular weight is 182 g/mol. The van der Waals surface area contributed by atoms with Crippen LogP contribution in [0, 0.1) is 0 Å². The Labute approximate surface area is 76.8 Å². The first-order valence-corrected chi connectivity index (χ1v) is 4.20. The second-order valence-electron chi connectivity index (χ2n) is 2.99. The fraction of sp³-hybridized carbons (Fsp3) is 0.444. The Kier molecular flexibility index (Phi) is 3.67. The van der Waals surface area contributed by atoms with Crippen LogP contribution < -0.4 is 5.56 Å². The van der Waals surface area contributed by atoms with E-state index in [2.05, 4.69) is 4.98 Å². The zero-order valence-electron chi connectivity index (χ0n) is 7.66. The third-order valence-corrected chi connectivity index (χ3v) is 1.82. The third-order valence-electron chi connectivity index (χ3n) is 1.82. The summed E-state index contributed by atoms with van der Waals surface area (Å²) >= 11 is 0. The number of aromatic amines is 1. The summed E-state index contributed by atoms with van der Waals surface area (Å²) in [5, 5.41) is 8.66. The number of likely N-dealkylation sites (N-methyl/N-ethyl adjacent to an activating group) is 1. The van der Waals surface area contributed by atoms with Crippen LogP contribution in [-0.2, 0) is 6.54 Å². The van der Waals surface area contributed by atoms with E-state index in [4.69, 9.17) is 5.11 Å². The number of nitrogens with one attached hydrogen (secondary N) is 1. The van der Waals surface area contributed by atoms with E-state index in [1.807, 2.05) is 11.9 Å². The van der Waals surface area contributed by atoms with E-state index < -0.39 is 0 Å². The fourth-order valence-electron chi connectivity index (χ4n) is 1.12. The Morgan fingerprint density at radius 3 is 3.00 bits per heavy atom. The molecule has 4 nitrogen and oxygen atoms in total. The maximum Gasteiger partial charge on any atom is 0.252 e. The van der Waals surface area contributed by atoms with Gasteiger partial charge in [-0.25, -0.2) is 0 Å². The molecule has 0 bridgehead atoms. The van der Waals surface area contributed by atoms with Gasteiger partial charge in [-0.15, -0.1) is 0 Å². The van der Waals surface area contributed by atoms with Gasteiger partial charge in [-0.1, -0.05) is 6.07 Å². The Morgan fingerprint density at radius 1 is 1.62 bits per heavy atom. The van der Waals surface area contributed by atoms with Gasteiger partial charge < -0.3 is 10.1 Å². The lowest BCUT2D eigenvalue weighted by Gasteiger charge is -2.13. The molecule has 0 saturated carbocycles. The van der Waals surface area contributed by atoms with Crippen LogP contribution >= 0.6 is 0 Å². The number of hydrogen-bond donors (Lipinski definition) is 2. The normalized spacial score (nSPS) is 10.7. The first kappa shape index (κ1) is 9.95. The summed E-state index contributed by atoms with van der Waals surface area (Å²) in [6, 6.07) is 3.58. The van der Waals surface area contributed by atoms with E-state index in [-0.39, 0.29) is 12.2 Å². The van der Waals surface area contributed by atoms with Crippen molar-refractivity contribution in [1.29, 1.82) is 0 Å². The van der Waals surface area contributed by atoms with Crippen molar-refractivity contribution in [3.63, 3.8) is 0 Å². The summed E-state index contributed by atoms with van der Waals surface area (Å²) in [5.74, 6) is 0. The minimum atomic E-state index is -0.0627. The summed E-state index contributed by atoms with van der Waals surface area (Å²) < 4.78 is 0.